The zero-order chi connectivity index (χ0) is 12.5. The highest BCUT2D eigenvalue weighted by molar-refractivity contribution is 7.87. The van der Waals surface area contributed by atoms with Gasteiger partial charge in [-0.15, -0.1) is 0 Å². The Bertz CT molecular complexity index is 525. The first-order valence-corrected chi connectivity index (χ1v) is 5.60. The Morgan fingerprint density at radius 2 is 2.00 bits per heavy atom. The standard InChI is InChI=1S/C8H10N2O5S/c1-6-7(9(2)16(13,14)15)4-3-5-8(6)10(11)12/h3-5H,1-2H3,(H,13,14,15). The largest absolute Gasteiger partial charge is 0.359 e. The number of rotatable bonds is 3. The van der Waals surface area contributed by atoms with Crippen LogP contribution in [0.1, 0.15) is 5.56 Å². The first kappa shape index (κ1) is 12.4. The predicted molar refractivity (Wildman–Crippen MR) is 57.8 cm³/mol. The van der Waals surface area contributed by atoms with Crippen molar-refractivity contribution in [1.82, 2.24) is 0 Å². The molecule has 0 aliphatic rings. The van der Waals surface area contributed by atoms with Crippen molar-refractivity contribution in [3.63, 3.8) is 0 Å². The van der Waals surface area contributed by atoms with Crippen molar-refractivity contribution < 1.29 is 17.9 Å². The lowest BCUT2D eigenvalue weighted by molar-refractivity contribution is -0.385. The predicted octanol–water partition coefficient (Wildman–Crippen LogP) is 1.14. The van der Waals surface area contributed by atoms with E-state index in [9.17, 15) is 18.5 Å². The van der Waals surface area contributed by atoms with Crippen molar-refractivity contribution >= 4 is 21.7 Å². The molecule has 88 valence electrons. The van der Waals surface area contributed by atoms with Gasteiger partial charge in [-0.25, -0.2) is 0 Å². The van der Waals surface area contributed by atoms with Crippen LogP contribution in [0.5, 0.6) is 0 Å². The van der Waals surface area contributed by atoms with Crippen molar-refractivity contribution in [2.75, 3.05) is 11.4 Å². The van der Waals surface area contributed by atoms with Gasteiger partial charge in [0.05, 0.1) is 16.2 Å². The Morgan fingerprint density at radius 1 is 1.44 bits per heavy atom. The molecule has 7 nitrogen and oxygen atoms in total. The van der Waals surface area contributed by atoms with Crippen molar-refractivity contribution in [2.24, 2.45) is 0 Å². The van der Waals surface area contributed by atoms with Crippen LogP contribution in [0.15, 0.2) is 18.2 Å². The summed E-state index contributed by atoms with van der Waals surface area (Å²) in [7, 11) is -3.30. The summed E-state index contributed by atoms with van der Waals surface area (Å²) in [5, 5.41) is 10.6. The van der Waals surface area contributed by atoms with Gasteiger partial charge in [0.15, 0.2) is 0 Å². The number of nitrogens with zero attached hydrogens (tertiary/aromatic N) is 2. The van der Waals surface area contributed by atoms with E-state index >= 15 is 0 Å². The molecule has 1 rings (SSSR count). The summed E-state index contributed by atoms with van der Waals surface area (Å²) in [6.45, 7) is 1.41. The summed E-state index contributed by atoms with van der Waals surface area (Å²) in [6.07, 6.45) is 0. The zero-order valence-corrected chi connectivity index (χ0v) is 9.43. The van der Waals surface area contributed by atoms with Crippen LogP contribution >= 0.6 is 0 Å². The van der Waals surface area contributed by atoms with Gasteiger partial charge in [-0.1, -0.05) is 6.07 Å². The molecule has 0 heterocycles. The SMILES string of the molecule is Cc1c(N(C)S(=O)(=O)O)cccc1[N+](=O)[O-]. The second kappa shape index (κ2) is 4.06. The fraction of sp³-hybridized carbons (Fsp3) is 0.250. The molecule has 0 spiro atoms. The van der Waals surface area contributed by atoms with Crippen LogP contribution in [-0.4, -0.2) is 24.9 Å². The Morgan fingerprint density at radius 3 is 2.44 bits per heavy atom. The highest BCUT2D eigenvalue weighted by atomic mass is 32.2. The van der Waals surface area contributed by atoms with E-state index in [1.165, 1.54) is 25.1 Å². The van der Waals surface area contributed by atoms with Gasteiger partial charge in [-0.05, 0) is 13.0 Å². The second-order valence-corrected chi connectivity index (χ2v) is 4.57. The zero-order valence-electron chi connectivity index (χ0n) is 8.61. The van der Waals surface area contributed by atoms with E-state index in [1.54, 1.807) is 0 Å². The molecule has 0 saturated carbocycles. The maximum atomic E-state index is 10.9. The maximum Gasteiger partial charge on any atom is 0.359 e. The highest BCUT2D eigenvalue weighted by Gasteiger charge is 2.21. The van der Waals surface area contributed by atoms with Crippen LogP contribution in [0, 0.1) is 17.0 Å². The monoisotopic (exact) mass is 246 g/mol. The molecule has 0 amide bonds. The van der Waals surface area contributed by atoms with Crippen LogP contribution in [-0.2, 0) is 10.3 Å². The van der Waals surface area contributed by atoms with Crippen LogP contribution in [0.4, 0.5) is 11.4 Å². The van der Waals surface area contributed by atoms with Crippen LogP contribution in [0.3, 0.4) is 0 Å². The Kier molecular flexibility index (Phi) is 3.15. The molecule has 16 heavy (non-hydrogen) atoms. The molecule has 0 aliphatic carbocycles. The van der Waals surface area contributed by atoms with Gasteiger partial charge in [0.1, 0.15) is 0 Å². The minimum atomic E-state index is -4.41. The quantitative estimate of drug-likeness (QED) is 0.489. The molecule has 0 saturated heterocycles. The number of nitro benzene ring substituents is 1. The van der Waals surface area contributed by atoms with E-state index in [0.29, 0.717) is 4.31 Å². The smallest absolute Gasteiger partial charge is 0.269 e. The van der Waals surface area contributed by atoms with Gasteiger partial charge in [-0.3, -0.25) is 19.0 Å². The van der Waals surface area contributed by atoms with Gasteiger partial charge in [0, 0.05) is 13.1 Å². The Hall–Kier alpha value is -1.67. The first-order chi connectivity index (χ1) is 7.25. The van der Waals surface area contributed by atoms with Crippen molar-refractivity contribution in [2.45, 2.75) is 6.92 Å². The summed E-state index contributed by atoms with van der Waals surface area (Å²) in [5.41, 5.74) is 0.0392. The van der Waals surface area contributed by atoms with E-state index < -0.39 is 15.2 Å². The molecule has 0 bridgehead atoms. The third kappa shape index (κ3) is 2.28. The van der Waals surface area contributed by atoms with E-state index in [-0.39, 0.29) is 16.9 Å². The molecule has 8 heteroatoms. The molecule has 0 atom stereocenters. The summed E-state index contributed by atoms with van der Waals surface area (Å²) in [4.78, 5) is 10.0. The molecule has 1 aromatic carbocycles. The first-order valence-electron chi connectivity index (χ1n) is 4.20. The molecular formula is C8H10N2O5S. The number of hydrogen-bond donors (Lipinski definition) is 1. The van der Waals surface area contributed by atoms with Gasteiger partial charge >= 0.3 is 10.3 Å². The molecule has 0 aliphatic heterocycles. The number of benzene rings is 1. The summed E-state index contributed by atoms with van der Waals surface area (Å²) >= 11 is 0. The van der Waals surface area contributed by atoms with Gasteiger partial charge in [0.2, 0.25) is 0 Å². The highest BCUT2D eigenvalue weighted by Crippen LogP contribution is 2.28. The third-order valence-corrected chi connectivity index (χ3v) is 3.05. The minimum absolute atomic E-state index is 0.0664. The number of nitro groups is 1. The molecule has 0 unspecified atom stereocenters. The average Bonchev–Trinajstić information content (AvgIpc) is 2.15. The third-order valence-electron chi connectivity index (χ3n) is 2.16. The van der Waals surface area contributed by atoms with Crippen LogP contribution in [0.2, 0.25) is 0 Å². The molecular weight excluding hydrogens is 236 g/mol. The Labute approximate surface area is 92.3 Å². The number of anilines is 1. The van der Waals surface area contributed by atoms with E-state index in [4.69, 9.17) is 4.55 Å². The van der Waals surface area contributed by atoms with Crippen molar-refractivity contribution in [3.05, 3.63) is 33.9 Å². The van der Waals surface area contributed by atoms with E-state index in [2.05, 4.69) is 0 Å². The molecule has 1 aromatic rings. The van der Waals surface area contributed by atoms with Crippen LogP contribution in [0.25, 0.3) is 0 Å². The molecule has 0 aromatic heterocycles. The molecule has 0 fully saturated rings. The summed E-state index contributed by atoms with van der Waals surface area (Å²) < 4.78 is 31.2. The Balaban J connectivity index is 3.37. The molecule has 0 radical (unpaired) electrons. The van der Waals surface area contributed by atoms with E-state index in [0.717, 1.165) is 7.05 Å². The normalized spacial score (nSPS) is 11.2. The van der Waals surface area contributed by atoms with Gasteiger partial charge in [0.25, 0.3) is 5.69 Å². The summed E-state index contributed by atoms with van der Waals surface area (Å²) in [6, 6.07) is 3.98. The second-order valence-electron chi connectivity index (χ2n) is 3.12. The maximum absolute atomic E-state index is 10.9. The average molecular weight is 246 g/mol. The van der Waals surface area contributed by atoms with Crippen LogP contribution < -0.4 is 4.31 Å². The van der Waals surface area contributed by atoms with Gasteiger partial charge in [-0.2, -0.15) is 8.42 Å². The topological polar surface area (TPSA) is 101 Å². The molecule has 1 N–H and O–H groups in total. The fourth-order valence-corrected chi connectivity index (χ4v) is 1.72. The fourth-order valence-electron chi connectivity index (χ4n) is 1.27. The lowest BCUT2D eigenvalue weighted by atomic mass is 10.1. The lowest BCUT2D eigenvalue weighted by Gasteiger charge is -2.16. The lowest BCUT2D eigenvalue weighted by Crippen LogP contribution is -2.26. The summed E-state index contributed by atoms with van der Waals surface area (Å²) in [5.74, 6) is 0. The number of hydrogen-bond acceptors (Lipinski definition) is 4. The van der Waals surface area contributed by atoms with Gasteiger partial charge < -0.3 is 0 Å². The van der Waals surface area contributed by atoms with Crippen molar-refractivity contribution in [3.8, 4) is 0 Å². The van der Waals surface area contributed by atoms with E-state index in [1.807, 2.05) is 0 Å². The van der Waals surface area contributed by atoms with Crippen molar-refractivity contribution in [1.29, 1.82) is 0 Å². The minimum Gasteiger partial charge on any atom is -0.269 e.